The highest BCUT2D eigenvalue weighted by Crippen LogP contribution is 2.51. The first-order chi connectivity index (χ1) is 12.7. The Bertz CT molecular complexity index is 904. The molecule has 0 bridgehead atoms. The molecule has 27 heavy (non-hydrogen) atoms. The number of aromatic hydroxyl groups is 1. The van der Waals surface area contributed by atoms with Crippen LogP contribution in [-0.2, 0) is 20.4 Å². The number of rotatable bonds is 3. The molecule has 2 aromatic carbocycles. The summed E-state index contributed by atoms with van der Waals surface area (Å²) in [6.45, 7) is 8.91. The van der Waals surface area contributed by atoms with Crippen molar-refractivity contribution in [2.24, 2.45) is 0 Å². The lowest BCUT2D eigenvalue weighted by atomic mass is 9.62. The summed E-state index contributed by atoms with van der Waals surface area (Å²) in [5, 5.41) is 11.2. The molecule has 0 unspecified atom stereocenters. The minimum Gasteiger partial charge on any atom is -0.507 e. The van der Waals surface area contributed by atoms with Crippen LogP contribution in [0.3, 0.4) is 0 Å². The molecule has 3 heteroatoms. The van der Waals surface area contributed by atoms with Crippen molar-refractivity contribution in [1.29, 1.82) is 0 Å². The van der Waals surface area contributed by atoms with Gasteiger partial charge in [-0.1, -0.05) is 58.0 Å². The maximum atomic E-state index is 11.3. The zero-order valence-electron chi connectivity index (χ0n) is 16.8. The Balaban J connectivity index is 2.10. The summed E-state index contributed by atoms with van der Waals surface area (Å²) in [6, 6.07) is 12.0. The molecule has 142 valence electrons. The highest BCUT2D eigenvalue weighted by Gasteiger charge is 2.39. The van der Waals surface area contributed by atoms with Gasteiger partial charge in [0.25, 0.3) is 0 Å². The quantitative estimate of drug-likeness (QED) is 0.570. The lowest BCUT2D eigenvalue weighted by Gasteiger charge is -2.42. The largest absolute Gasteiger partial charge is 0.507 e. The van der Waals surface area contributed by atoms with E-state index in [1.54, 1.807) is 6.08 Å². The van der Waals surface area contributed by atoms with E-state index in [9.17, 15) is 9.90 Å². The van der Waals surface area contributed by atoms with Crippen LogP contribution in [0.4, 0.5) is 0 Å². The highest BCUT2D eigenvalue weighted by molar-refractivity contribution is 5.87. The second-order valence-electron chi connectivity index (χ2n) is 8.63. The van der Waals surface area contributed by atoms with Crippen molar-refractivity contribution >= 4 is 12.0 Å². The molecular formula is C24H28O3. The van der Waals surface area contributed by atoms with Crippen LogP contribution in [0.15, 0.2) is 42.5 Å². The smallest absolute Gasteiger partial charge is 0.330 e. The fraction of sp³-hybridized carbons (Fsp3) is 0.375. The molecule has 0 heterocycles. The number of methoxy groups -OCH3 is 1. The van der Waals surface area contributed by atoms with Crippen molar-refractivity contribution in [2.45, 2.75) is 51.4 Å². The second kappa shape index (κ2) is 6.88. The first-order valence-corrected chi connectivity index (χ1v) is 9.39. The van der Waals surface area contributed by atoms with Crippen molar-refractivity contribution in [3.63, 3.8) is 0 Å². The maximum absolute atomic E-state index is 11.3. The molecule has 0 saturated heterocycles. The van der Waals surface area contributed by atoms with Crippen molar-refractivity contribution < 1.29 is 14.6 Å². The Morgan fingerprint density at radius 3 is 2.48 bits per heavy atom. The minimum atomic E-state index is -0.388. The van der Waals surface area contributed by atoms with E-state index in [4.69, 9.17) is 0 Å². The third kappa shape index (κ3) is 3.64. The SMILES string of the molecule is COC(=O)/C=C/c1cccc(-c2ccc3c(c2O)C(C)(C)CCC3(C)C)c1. The number of hydrogen-bond donors (Lipinski definition) is 1. The standard InChI is InChI=1S/C24H28O3/c1-23(2)13-14-24(3,4)21-19(23)11-10-18(22(21)26)17-8-6-7-16(15-17)9-12-20(25)27-5/h6-12,15,26H,13-14H2,1-5H3/b12-9+. The monoisotopic (exact) mass is 364 g/mol. The summed E-state index contributed by atoms with van der Waals surface area (Å²) < 4.78 is 4.64. The number of phenols is 1. The summed E-state index contributed by atoms with van der Waals surface area (Å²) in [4.78, 5) is 11.3. The Morgan fingerprint density at radius 2 is 1.78 bits per heavy atom. The van der Waals surface area contributed by atoms with Gasteiger partial charge in [0.2, 0.25) is 0 Å². The van der Waals surface area contributed by atoms with Crippen LogP contribution in [0.1, 0.15) is 57.2 Å². The van der Waals surface area contributed by atoms with E-state index in [-0.39, 0.29) is 16.8 Å². The average Bonchev–Trinajstić information content (AvgIpc) is 2.63. The molecule has 0 atom stereocenters. The number of carbonyl (C=O) groups excluding carboxylic acids is 1. The summed E-state index contributed by atoms with van der Waals surface area (Å²) >= 11 is 0. The second-order valence-corrected chi connectivity index (χ2v) is 8.63. The van der Waals surface area contributed by atoms with Crippen LogP contribution in [-0.4, -0.2) is 18.2 Å². The van der Waals surface area contributed by atoms with E-state index in [0.29, 0.717) is 5.75 Å². The molecule has 1 N–H and O–H groups in total. The number of benzene rings is 2. The number of carbonyl (C=O) groups is 1. The fourth-order valence-corrected chi connectivity index (χ4v) is 4.00. The highest BCUT2D eigenvalue weighted by atomic mass is 16.5. The predicted molar refractivity (Wildman–Crippen MR) is 110 cm³/mol. The van der Waals surface area contributed by atoms with Crippen LogP contribution in [0.2, 0.25) is 0 Å². The zero-order valence-corrected chi connectivity index (χ0v) is 16.8. The van der Waals surface area contributed by atoms with E-state index in [2.05, 4.69) is 38.5 Å². The van der Waals surface area contributed by atoms with Gasteiger partial charge in [-0.2, -0.15) is 0 Å². The van der Waals surface area contributed by atoms with Gasteiger partial charge in [-0.3, -0.25) is 0 Å². The molecule has 1 aliphatic carbocycles. The third-order valence-electron chi connectivity index (χ3n) is 5.77. The van der Waals surface area contributed by atoms with Gasteiger partial charge in [0.1, 0.15) is 5.75 Å². The Kier molecular flexibility index (Phi) is 4.90. The molecule has 0 aliphatic heterocycles. The predicted octanol–water partition coefficient (Wildman–Crippen LogP) is 5.59. The molecule has 0 radical (unpaired) electrons. The molecule has 0 amide bonds. The number of phenolic OH excluding ortho intramolecular Hbond substituents is 1. The van der Waals surface area contributed by atoms with Crippen molar-refractivity contribution in [3.8, 4) is 16.9 Å². The lowest BCUT2D eigenvalue weighted by Crippen LogP contribution is -2.33. The average molecular weight is 364 g/mol. The van der Waals surface area contributed by atoms with E-state index < -0.39 is 0 Å². The third-order valence-corrected chi connectivity index (χ3v) is 5.77. The van der Waals surface area contributed by atoms with Gasteiger partial charge in [0.15, 0.2) is 0 Å². The zero-order chi connectivity index (χ0) is 19.8. The summed E-state index contributed by atoms with van der Waals surface area (Å²) in [6.07, 6.45) is 5.28. The summed E-state index contributed by atoms with van der Waals surface area (Å²) in [5.41, 5.74) is 4.94. The topological polar surface area (TPSA) is 46.5 Å². The maximum Gasteiger partial charge on any atom is 0.330 e. The summed E-state index contributed by atoms with van der Waals surface area (Å²) in [5.74, 6) is -0.0135. The van der Waals surface area contributed by atoms with Crippen LogP contribution in [0.25, 0.3) is 17.2 Å². The number of fused-ring (bicyclic) bond motifs is 1. The normalized spacial score (nSPS) is 17.5. The van der Waals surface area contributed by atoms with Crippen LogP contribution < -0.4 is 0 Å². The van der Waals surface area contributed by atoms with Crippen LogP contribution in [0.5, 0.6) is 5.75 Å². The van der Waals surface area contributed by atoms with Gasteiger partial charge >= 0.3 is 5.97 Å². The molecule has 3 nitrogen and oxygen atoms in total. The van der Waals surface area contributed by atoms with Gasteiger partial charge in [-0.25, -0.2) is 4.79 Å². The van der Waals surface area contributed by atoms with Crippen molar-refractivity contribution in [1.82, 2.24) is 0 Å². The Hall–Kier alpha value is -2.55. The van der Waals surface area contributed by atoms with Gasteiger partial charge < -0.3 is 9.84 Å². The number of esters is 1. The molecule has 0 fully saturated rings. The molecule has 2 aromatic rings. The number of ether oxygens (including phenoxy) is 1. The first-order valence-electron chi connectivity index (χ1n) is 9.39. The lowest BCUT2D eigenvalue weighted by molar-refractivity contribution is -0.134. The Morgan fingerprint density at radius 1 is 1.07 bits per heavy atom. The van der Waals surface area contributed by atoms with Gasteiger partial charge in [0.05, 0.1) is 7.11 Å². The van der Waals surface area contributed by atoms with E-state index >= 15 is 0 Å². The van der Waals surface area contributed by atoms with Crippen molar-refractivity contribution in [3.05, 3.63) is 59.2 Å². The van der Waals surface area contributed by atoms with Crippen LogP contribution >= 0.6 is 0 Å². The fourth-order valence-electron chi connectivity index (χ4n) is 4.00. The molecule has 1 aliphatic rings. The van der Waals surface area contributed by atoms with Crippen molar-refractivity contribution in [2.75, 3.05) is 7.11 Å². The first kappa shape index (κ1) is 19.2. The summed E-state index contributed by atoms with van der Waals surface area (Å²) in [7, 11) is 1.36. The molecule has 0 saturated carbocycles. The van der Waals surface area contributed by atoms with E-state index in [0.717, 1.165) is 35.1 Å². The molecule has 3 rings (SSSR count). The van der Waals surface area contributed by atoms with Gasteiger partial charge in [-0.05, 0) is 52.5 Å². The Labute approximate surface area is 161 Å². The molecular weight excluding hydrogens is 336 g/mol. The van der Waals surface area contributed by atoms with Crippen LogP contribution in [0, 0.1) is 0 Å². The molecule has 0 aromatic heterocycles. The number of hydrogen-bond acceptors (Lipinski definition) is 3. The molecule has 0 spiro atoms. The van der Waals surface area contributed by atoms with Gasteiger partial charge in [-0.15, -0.1) is 0 Å². The van der Waals surface area contributed by atoms with E-state index in [1.807, 2.05) is 30.3 Å². The minimum absolute atomic E-state index is 0.0615. The van der Waals surface area contributed by atoms with E-state index in [1.165, 1.54) is 18.7 Å². The van der Waals surface area contributed by atoms with Gasteiger partial charge in [0, 0.05) is 17.2 Å².